The van der Waals surface area contributed by atoms with Crippen LogP contribution in [0.4, 0.5) is 5.82 Å². The number of nitrogens with zero attached hydrogens (tertiary/aromatic N) is 2. The minimum atomic E-state index is 0.577. The first kappa shape index (κ1) is 14.0. The maximum absolute atomic E-state index is 5.36. The van der Waals surface area contributed by atoms with E-state index in [9.17, 15) is 0 Å². The maximum atomic E-state index is 5.36. The first-order chi connectivity index (χ1) is 8.27. The van der Waals surface area contributed by atoms with Crippen molar-refractivity contribution >= 4 is 5.82 Å². The Labute approximate surface area is 105 Å². The van der Waals surface area contributed by atoms with Crippen molar-refractivity contribution in [3.63, 3.8) is 0 Å². The van der Waals surface area contributed by atoms with E-state index in [2.05, 4.69) is 29.9 Å². The number of hydrogen-bond acceptors (Lipinski definition) is 3. The molecule has 1 aromatic heterocycles. The molecule has 2 rings (SSSR count). The monoisotopic (exact) mass is 236 g/mol. The van der Waals surface area contributed by atoms with E-state index in [0.717, 1.165) is 31.9 Å². The Kier molecular flexibility index (Phi) is 5.98. The van der Waals surface area contributed by atoms with Crippen LogP contribution in [0.1, 0.15) is 32.3 Å². The van der Waals surface area contributed by atoms with Crippen LogP contribution in [-0.4, -0.2) is 31.3 Å². The van der Waals surface area contributed by atoms with Gasteiger partial charge in [0.1, 0.15) is 5.82 Å². The van der Waals surface area contributed by atoms with Crippen molar-refractivity contribution in [3.8, 4) is 0 Å². The Hall–Kier alpha value is -1.09. The predicted octanol–water partition coefficient (Wildman–Crippen LogP) is 3.03. The van der Waals surface area contributed by atoms with Gasteiger partial charge in [-0.05, 0) is 37.5 Å². The molecule has 0 bridgehead atoms. The van der Waals surface area contributed by atoms with Gasteiger partial charge >= 0.3 is 0 Å². The molecule has 0 amide bonds. The second-order valence-electron chi connectivity index (χ2n) is 4.15. The largest absolute Gasteiger partial charge is 0.381 e. The summed E-state index contributed by atoms with van der Waals surface area (Å²) in [7, 11) is 2.12. The van der Waals surface area contributed by atoms with Crippen LogP contribution in [0.25, 0.3) is 0 Å². The second kappa shape index (κ2) is 7.28. The summed E-state index contributed by atoms with van der Waals surface area (Å²) in [6, 6.07) is 4.74. The van der Waals surface area contributed by atoms with Crippen LogP contribution in [0.5, 0.6) is 0 Å². The summed E-state index contributed by atoms with van der Waals surface area (Å²) < 4.78 is 5.36. The maximum Gasteiger partial charge on any atom is 0.128 e. The van der Waals surface area contributed by atoms with E-state index in [1.54, 1.807) is 0 Å². The van der Waals surface area contributed by atoms with Crippen molar-refractivity contribution in [2.24, 2.45) is 0 Å². The lowest BCUT2D eigenvalue weighted by Crippen LogP contribution is -2.37. The number of aryl methyl sites for hydroxylation is 1. The summed E-state index contributed by atoms with van der Waals surface area (Å²) in [5.74, 6) is 1.07. The SMILES string of the molecule is CC.Cc1ccnc(N(C)C2CCOCC2)c1. The standard InChI is InChI=1S/C12H18N2O.C2H6/c1-10-3-6-13-12(9-10)14(2)11-4-7-15-8-5-11;1-2/h3,6,9,11H,4-5,7-8H2,1-2H3;1-2H3. The van der Waals surface area contributed by atoms with Crippen LogP contribution in [0, 0.1) is 6.92 Å². The Morgan fingerprint density at radius 1 is 1.29 bits per heavy atom. The third kappa shape index (κ3) is 4.00. The van der Waals surface area contributed by atoms with E-state index in [-0.39, 0.29) is 0 Å². The highest BCUT2D eigenvalue weighted by Gasteiger charge is 2.19. The molecule has 1 saturated heterocycles. The van der Waals surface area contributed by atoms with Gasteiger partial charge in [0.15, 0.2) is 0 Å². The molecule has 0 radical (unpaired) electrons. The summed E-state index contributed by atoms with van der Waals surface area (Å²) in [6.07, 6.45) is 4.08. The Balaban J connectivity index is 0.000000686. The highest BCUT2D eigenvalue weighted by atomic mass is 16.5. The molecule has 1 aliphatic rings. The van der Waals surface area contributed by atoms with Gasteiger partial charge in [-0.3, -0.25) is 0 Å². The van der Waals surface area contributed by atoms with Crippen molar-refractivity contribution in [3.05, 3.63) is 23.9 Å². The Morgan fingerprint density at radius 3 is 2.53 bits per heavy atom. The highest BCUT2D eigenvalue weighted by molar-refractivity contribution is 5.40. The third-order valence-electron chi connectivity index (χ3n) is 3.00. The van der Waals surface area contributed by atoms with Gasteiger partial charge in [0.25, 0.3) is 0 Å². The molecule has 3 heteroatoms. The fraction of sp³-hybridized carbons (Fsp3) is 0.643. The minimum Gasteiger partial charge on any atom is -0.381 e. The van der Waals surface area contributed by atoms with Crippen molar-refractivity contribution < 1.29 is 4.74 Å². The summed E-state index contributed by atoms with van der Waals surface area (Å²) in [5, 5.41) is 0. The van der Waals surface area contributed by atoms with Crippen molar-refractivity contribution in [1.82, 2.24) is 4.98 Å². The zero-order valence-corrected chi connectivity index (χ0v) is 11.4. The predicted molar refractivity (Wildman–Crippen MR) is 72.6 cm³/mol. The van der Waals surface area contributed by atoms with Gasteiger partial charge in [-0.25, -0.2) is 4.98 Å². The van der Waals surface area contributed by atoms with Crippen LogP contribution >= 0.6 is 0 Å². The molecular weight excluding hydrogens is 212 g/mol. The van der Waals surface area contributed by atoms with Gasteiger partial charge < -0.3 is 9.64 Å². The number of hydrogen-bond donors (Lipinski definition) is 0. The molecule has 1 fully saturated rings. The van der Waals surface area contributed by atoms with Gasteiger partial charge in [0, 0.05) is 32.5 Å². The van der Waals surface area contributed by atoms with Gasteiger partial charge in [-0.1, -0.05) is 13.8 Å². The number of aromatic nitrogens is 1. The number of rotatable bonds is 2. The van der Waals surface area contributed by atoms with E-state index in [4.69, 9.17) is 4.74 Å². The first-order valence-corrected chi connectivity index (χ1v) is 6.50. The molecule has 0 aromatic carbocycles. The molecule has 3 nitrogen and oxygen atoms in total. The van der Waals surface area contributed by atoms with E-state index in [1.165, 1.54) is 5.56 Å². The molecule has 0 N–H and O–H groups in total. The second-order valence-corrected chi connectivity index (χ2v) is 4.15. The summed E-state index contributed by atoms with van der Waals surface area (Å²) in [6.45, 7) is 7.85. The first-order valence-electron chi connectivity index (χ1n) is 6.50. The molecule has 0 spiro atoms. The molecule has 1 aliphatic heterocycles. The Morgan fingerprint density at radius 2 is 1.94 bits per heavy atom. The number of pyridine rings is 1. The third-order valence-corrected chi connectivity index (χ3v) is 3.00. The van der Waals surface area contributed by atoms with Crippen LogP contribution in [-0.2, 0) is 4.74 Å². The fourth-order valence-corrected chi connectivity index (χ4v) is 1.97. The lowest BCUT2D eigenvalue weighted by molar-refractivity contribution is 0.0853. The Bertz CT molecular complexity index is 322. The number of ether oxygens (including phenoxy) is 1. The average molecular weight is 236 g/mol. The van der Waals surface area contributed by atoms with Crippen LogP contribution < -0.4 is 4.90 Å². The normalized spacial score (nSPS) is 16.0. The molecule has 96 valence electrons. The van der Waals surface area contributed by atoms with Crippen molar-refractivity contribution in [2.75, 3.05) is 25.2 Å². The van der Waals surface area contributed by atoms with E-state index >= 15 is 0 Å². The molecule has 1 aromatic rings. The zero-order valence-electron chi connectivity index (χ0n) is 11.4. The van der Waals surface area contributed by atoms with Crippen LogP contribution in [0.2, 0.25) is 0 Å². The average Bonchev–Trinajstić information content (AvgIpc) is 2.41. The summed E-state index contributed by atoms with van der Waals surface area (Å²) in [5.41, 5.74) is 1.26. The van der Waals surface area contributed by atoms with Crippen LogP contribution in [0.15, 0.2) is 18.3 Å². The molecule has 0 unspecified atom stereocenters. The lowest BCUT2D eigenvalue weighted by Gasteiger charge is -2.32. The van der Waals surface area contributed by atoms with E-state index in [1.807, 2.05) is 26.1 Å². The summed E-state index contributed by atoms with van der Waals surface area (Å²) >= 11 is 0. The molecular formula is C14H24N2O. The topological polar surface area (TPSA) is 25.4 Å². The quantitative estimate of drug-likeness (QED) is 0.789. The molecule has 17 heavy (non-hydrogen) atoms. The van der Waals surface area contributed by atoms with Crippen molar-refractivity contribution in [2.45, 2.75) is 39.7 Å². The molecule has 2 heterocycles. The molecule has 0 atom stereocenters. The smallest absolute Gasteiger partial charge is 0.128 e. The fourth-order valence-electron chi connectivity index (χ4n) is 1.97. The van der Waals surface area contributed by atoms with Gasteiger partial charge in [0.05, 0.1) is 0 Å². The lowest BCUT2D eigenvalue weighted by atomic mass is 10.1. The van der Waals surface area contributed by atoms with E-state index in [0.29, 0.717) is 6.04 Å². The zero-order chi connectivity index (χ0) is 12.7. The van der Waals surface area contributed by atoms with Crippen LogP contribution in [0.3, 0.4) is 0 Å². The van der Waals surface area contributed by atoms with E-state index < -0.39 is 0 Å². The van der Waals surface area contributed by atoms with Gasteiger partial charge in [-0.15, -0.1) is 0 Å². The van der Waals surface area contributed by atoms with Gasteiger partial charge in [-0.2, -0.15) is 0 Å². The highest BCUT2D eigenvalue weighted by Crippen LogP contribution is 2.19. The number of anilines is 1. The summed E-state index contributed by atoms with van der Waals surface area (Å²) in [4.78, 5) is 6.67. The van der Waals surface area contributed by atoms with Crippen molar-refractivity contribution in [1.29, 1.82) is 0 Å². The molecule has 0 aliphatic carbocycles. The minimum absolute atomic E-state index is 0.577. The van der Waals surface area contributed by atoms with Gasteiger partial charge in [0.2, 0.25) is 0 Å². The molecule has 0 saturated carbocycles.